The molecule has 2 heteroatoms. The van der Waals surface area contributed by atoms with Gasteiger partial charge in [-0.25, -0.2) is 0 Å². The number of rotatable bonds is 9. The van der Waals surface area contributed by atoms with Crippen molar-refractivity contribution in [1.82, 2.24) is 0 Å². The summed E-state index contributed by atoms with van der Waals surface area (Å²) in [4.78, 5) is 11.1. The van der Waals surface area contributed by atoms with Crippen LogP contribution in [0.3, 0.4) is 0 Å². The summed E-state index contributed by atoms with van der Waals surface area (Å²) >= 11 is 0. The standard InChI is InChI=1S/C10H21N.C10H18O/c1-2-10(11)8-7-9-5-3-4-6-9;1-4-5-6-7-8-10(11)9(2)3/h9-10H,2-8,11H2,1H3;4-5,9H,6-8H2,1-3H3/b;5-4-. The van der Waals surface area contributed by atoms with Crippen LogP contribution >= 0.6 is 0 Å². The lowest BCUT2D eigenvalue weighted by Crippen LogP contribution is -2.19. The summed E-state index contributed by atoms with van der Waals surface area (Å²) in [7, 11) is 0. The first-order chi connectivity index (χ1) is 10.5. The first kappa shape index (κ1) is 21.4. The van der Waals surface area contributed by atoms with Crippen molar-refractivity contribution in [1.29, 1.82) is 0 Å². The van der Waals surface area contributed by atoms with Gasteiger partial charge in [0.25, 0.3) is 0 Å². The molecule has 1 atom stereocenters. The molecule has 0 aromatic carbocycles. The molecule has 1 aliphatic carbocycles. The Morgan fingerprint density at radius 3 is 2.41 bits per heavy atom. The third-order valence-corrected chi connectivity index (χ3v) is 4.62. The number of ketones is 1. The molecule has 1 rings (SSSR count). The molecule has 0 heterocycles. The van der Waals surface area contributed by atoms with E-state index in [4.69, 9.17) is 5.73 Å². The van der Waals surface area contributed by atoms with Crippen molar-refractivity contribution in [2.75, 3.05) is 0 Å². The second-order valence-corrected chi connectivity index (χ2v) is 6.98. The predicted molar refractivity (Wildman–Crippen MR) is 98.0 cm³/mol. The molecule has 0 aliphatic heterocycles. The van der Waals surface area contributed by atoms with Crippen molar-refractivity contribution in [3.8, 4) is 0 Å². The van der Waals surface area contributed by atoms with Crippen LogP contribution < -0.4 is 5.73 Å². The molecule has 1 fully saturated rings. The first-order valence-electron chi connectivity index (χ1n) is 9.40. The van der Waals surface area contributed by atoms with E-state index in [0.717, 1.165) is 31.6 Å². The van der Waals surface area contributed by atoms with Gasteiger partial charge in [-0.15, -0.1) is 0 Å². The maximum absolute atomic E-state index is 11.1. The molecule has 0 aromatic heterocycles. The predicted octanol–water partition coefficient (Wildman–Crippen LogP) is 5.65. The van der Waals surface area contributed by atoms with E-state index in [1.807, 2.05) is 26.8 Å². The van der Waals surface area contributed by atoms with Gasteiger partial charge in [-0.1, -0.05) is 58.6 Å². The number of unbranched alkanes of at least 4 members (excludes halogenated alkanes) is 1. The van der Waals surface area contributed by atoms with Crippen LogP contribution in [0.1, 0.15) is 91.9 Å². The van der Waals surface area contributed by atoms with E-state index in [0.29, 0.717) is 11.8 Å². The molecular weight excluding hydrogens is 270 g/mol. The minimum atomic E-state index is 0.209. The van der Waals surface area contributed by atoms with Crippen LogP contribution in [-0.2, 0) is 4.79 Å². The Kier molecular flexibility index (Phi) is 13.6. The Bertz CT molecular complexity index is 290. The zero-order chi connectivity index (χ0) is 16.8. The number of carbonyl (C=O) groups is 1. The van der Waals surface area contributed by atoms with Crippen LogP contribution in [0, 0.1) is 11.8 Å². The van der Waals surface area contributed by atoms with Crippen LogP contribution in [0.15, 0.2) is 12.2 Å². The maximum Gasteiger partial charge on any atom is 0.135 e. The highest BCUT2D eigenvalue weighted by molar-refractivity contribution is 5.80. The van der Waals surface area contributed by atoms with E-state index in [9.17, 15) is 4.79 Å². The summed E-state index contributed by atoms with van der Waals surface area (Å²) in [6.45, 7) is 8.10. The molecule has 0 bridgehead atoms. The molecule has 0 amide bonds. The van der Waals surface area contributed by atoms with Crippen LogP contribution in [0.5, 0.6) is 0 Å². The van der Waals surface area contributed by atoms with Gasteiger partial charge in [0.15, 0.2) is 0 Å². The molecule has 1 unspecified atom stereocenters. The van der Waals surface area contributed by atoms with Gasteiger partial charge < -0.3 is 5.73 Å². The van der Waals surface area contributed by atoms with Crippen molar-refractivity contribution in [3.63, 3.8) is 0 Å². The number of hydrogen-bond acceptors (Lipinski definition) is 2. The molecule has 2 N–H and O–H groups in total. The van der Waals surface area contributed by atoms with Crippen molar-refractivity contribution in [2.24, 2.45) is 17.6 Å². The normalized spacial score (nSPS) is 16.8. The zero-order valence-electron chi connectivity index (χ0n) is 15.4. The van der Waals surface area contributed by atoms with Gasteiger partial charge in [0, 0.05) is 18.4 Å². The minimum Gasteiger partial charge on any atom is -0.328 e. The molecular formula is C20H39NO. The lowest BCUT2D eigenvalue weighted by atomic mass is 9.98. The smallest absolute Gasteiger partial charge is 0.135 e. The average molecular weight is 310 g/mol. The van der Waals surface area contributed by atoms with E-state index in [-0.39, 0.29) is 5.92 Å². The summed E-state index contributed by atoms with van der Waals surface area (Å²) in [6, 6.07) is 0.468. The van der Waals surface area contributed by atoms with E-state index >= 15 is 0 Å². The molecule has 0 radical (unpaired) electrons. The van der Waals surface area contributed by atoms with Crippen LogP contribution in [0.2, 0.25) is 0 Å². The summed E-state index contributed by atoms with van der Waals surface area (Å²) < 4.78 is 0. The summed E-state index contributed by atoms with van der Waals surface area (Å²) in [5.41, 5.74) is 5.85. The first-order valence-corrected chi connectivity index (χ1v) is 9.40. The van der Waals surface area contributed by atoms with Gasteiger partial charge in [-0.3, -0.25) is 4.79 Å². The average Bonchev–Trinajstić information content (AvgIpc) is 3.02. The number of allylic oxidation sites excluding steroid dienone is 2. The second-order valence-electron chi connectivity index (χ2n) is 6.98. The number of hydrogen-bond donors (Lipinski definition) is 1. The van der Waals surface area contributed by atoms with Gasteiger partial charge in [-0.05, 0) is 44.9 Å². The molecule has 1 aliphatic rings. The molecule has 0 aromatic rings. The fourth-order valence-corrected chi connectivity index (χ4v) is 2.80. The summed E-state index contributed by atoms with van der Waals surface area (Å²) in [6.07, 6.45) is 16.6. The van der Waals surface area contributed by atoms with Gasteiger partial charge in [-0.2, -0.15) is 0 Å². The van der Waals surface area contributed by atoms with E-state index in [1.165, 1.54) is 38.5 Å². The number of carbonyl (C=O) groups excluding carboxylic acids is 1. The third-order valence-electron chi connectivity index (χ3n) is 4.62. The summed E-state index contributed by atoms with van der Waals surface area (Å²) in [5.74, 6) is 1.61. The lowest BCUT2D eigenvalue weighted by Gasteiger charge is -2.12. The Morgan fingerprint density at radius 2 is 1.91 bits per heavy atom. The minimum absolute atomic E-state index is 0.209. The highest BCUT2D eigenvalue weighted by atomic mass is 16.1. The molecule has 130 valence electrons. The topological polar surface area (TPSA) is 43.1 Å². The zero-order valence-corrected chi connectivity index (χ0v) is 15.4. The fraction of sp³-hybridized carbons (Fsp3) is 0.850. The van der Waals surface area contributed by atoms with Gasteiger partial charge in [0.2, 0.25) is 0 Å². The van der Waals surface area contributed by atoms with Crippen molar-refractivity contribution in [2.45, 2.75) is 97.9 Å². The van der Waals surface area contributed by atoms with Crippen molar-refractivity contribution in [3.05, 3.63) is 12.2 Å². The molecule has 0 saturated heterocycles. The SMILES string of the molecule is C/C=C\CCCC(=O)C(C)C.CCC(N)CCC1CCCC1. The molecule has 1 saturated carbocycles. The van der Waals surface area contributed by atoms with Crippen molar-refractivity contribution < 1.29 is 4.79 Å². The Hall–Kier alpha value is -0.630. The van der Waals surface area contributed by atoms with E-state index in [2.05, 4.69) is 13.0 Å². The van der Waals surface area contributed by atoms with E-state index < -0.39 is 0 Å². The lowest BCUT2D eigenvalue weighted by molar-refractivity contribution is -0.121. The number of nitrogens with two attached hydrogens (primary N) is 1. The van der Waals surface area contributed by atoms with Gasteiger partial charge in [0.05, 0.1) is 0 Å². The van der Waals surface area contributed by atoms with Crippen LogP contribution in [0.25, 0.3) is 0 Å². The largest absolute Gasteiger partial charge is 0.328 e. The molecule has 22 heavy (non-hydrogen) atoms. The monoisotopic (exact) mass is 309 g/mol. The number of Topliss-reactive ketones (excluding diaryl/α,β-unsaturated/α-hetero) is 1. The molecule has 2 nitrogen and oxygen atoms in total. The Labute approximate surface area is 138 Å². The van der Waals surface area contributed by atoms with Gasteiger partial charge >= 0.3 is 0 Å². The maximum atomic E-state index is 11.1. The second kappa shape index (κ2) is 14.0. The van der Waals surface area contributed by atoms with Crippen LogP contribution in [-0.4, -0.2) is 11.8 Å². The Morgan fingerprint density at radius 1 is 1.27 bits per heavy atom. The van der Waals surface area contributed by atoms with Gasteiger partial charge in [0.1, 0.15) is 5.78 Å². The fourth-order valence-electron chi connectivity index (χ4n) is 2.80. The van der Waals surface area contributed by atoms with Crippen LogP contribution in [0.4, 0.5) is 0 Å². The highest BCUT2D eigenvalue weighted by Gasteiger charge is 2.15. The van der Waals surface area contributed by atoms with Crippen molar-refractivity contribution >= 4 is 5.78 Å². The summed E-state index contributed by atoms with van der Waals surface area (Å²) in [5, 5.41) is 0. The third kappa shape index (κ3) is 12.0. The highest BCUT2D eigenvalue weighted by Crippen LogP contribution is 2.28. The molecule has 0 spiro atoms. The quantitative estimate of drug-likeness (QED) is 0.441. The Balaban J connectivity index is 0.000000401. The van der Waals surface area contributed by atoms with E-state index in [1.54, 1.807) is 0 Å².